The number of benzene rings is 6. The first-order valence-electron chi connectivity index (χ1n) is 20.2. The molecule has 60 heavy (non-hydrogen) atoms. The summed E-state index contributed by atoms with van der Waals surface area (Å²) >= 11 is 0. The summed E-state index contributed by atoms with van der Waals surface area (Å²) in [6, 6.07) is 54.0. The summed E-state index contributed by atoms with van der Waals surface area (Å²) in [6.07, 6.45) is 0. The highest BCUT2D eigenvalue weighted by Crippen LogP contribution is 2.76. The van der Waals surface area contributed by atoms with Crippen molar-refractivity contribution in [2.24, 2.45) is 13.5 Å². The van der Waals surface area contributed by atoms with Crippen LogP contribution < -0.4 is 61.2 Å². The smallest absolute Gasteiger partial charge is 0.138 e. The summed E-state index contributed by atoms with van der Waals surface area (Å²) in [6.45, 7) is 0. The highest BCUT2D eigenvalue weighted by Gasteiger charge is 2.42. The molecule has 0 saturated heterocycles. The number of anilines is 6. The van der Waals surface area contributed by atoms with Crippen molar-refractivity contribution in [1.82, 2.24) is 0 Å². The fraction of sp³-hybridized carbons (Fsp3) is 0.250. The standard InChI is InChI=1S/C48H60N9P3/c1-52(2)37-13-25-43(26-14-37)58(44-27-15-38(16-28-44)53(3)4)49-59(45-29-17-39(18-30-45)54(5)6,46-31-19-40(20-32-46)55(7)8)51-60(50-58,47-33-21-41(22-34-47)56(9)10)48-35-23-42(24-36-48)57(11)12/h13-36H,1-12H3. The van der Waals surface area contributed by atoms with Crippen molar-refractivity contribution in [3.63, 3.8) is 0 Å². The predicted molar refractivity (Wildman–Crippen MR) is 270 cm³/mol. The molecule has 0 N–H and O–H groups in total. The molecule has 1 aliphatic rings. The number of hydrogen-bond acceptors (Lipinski definition) is 9. The van der Waals surface area contributed by atoms with Crippen molar-refractivity contribution < 1.29 is 0 Å². The zero-order valence-corrected chi connectivity index (χ0v) is 39.9. The van der Waals surface area contributed by atoms with E-state index in [4.69, 9.17) is 13.5 Å². The van der Waals surface area contributed by atoms with E-state index in [-0.39, 0.29) is 0 Å². The monoisotopic (exact) mass is 855 g/mol. The SMILES string of the molecule is CN(C)c1ccc(P2(c3ccc(N(C)C)cc3)=NP(c3ccc(N(C)C)cc3)(c3ccc(N(C)C)cc3)=NP(c3ccc(N(C)C)cc3)(c3ccc(N(C)C)cc3)=N2)cc1. The molecule has 6 aromatic rings. The van der Waals surface area contributed by atoms with Gasteiger partial charge in [0.1, 0.15) is 21.6 Å². The molecule has 12 heteroatoms. The van der Waals surface area contributed by atoms with Gasteiger partial charge >= 0.3 is 0 Å². The van der Waals surface area contributed by atoms with Crippen molar-refractivity contribution >= 4 is 87.6 Å². The normalized spacial score (nSPS) is 14.8. The van der Waals surface area contributed by atoms with E-state index in [0.717, 1.165) is 66.0 Å². The van der Waals surface area contributed by atoms with Gasteiger partial charge in [0.15, 0.2) is 0 Å². The lowest BCUT2D eigenvalue weighted by molar-refractivity contribution is 1.13. The summed E-state index contributed by atoms with van der Waals surface area (Å²) in [7, 11) is 15.9. The van der Waals surface area contributed by atoms with Crippen LogP contribution in [0.5, 0.6) is 0 Å². The van der Waals surface area contributed by atoms with Crippen LogP contribution in [0.15, 0.2) is 159 Å². The van der Waals surface area contributed by atoms with Crippen LogP contribution in [0.4, 0.5) is 34.1 Å². The van der Waals surface area contributed by atoms with Gasteiger partial charge in [-0.3, -0.25) is 0 Å². The molecule has 0 aliphatic carbocycles. The zero-order chi connectivity index (χ0) is 43.0. The van der Waals surface area contributed by atoms with E-state index in [2.05, 4.69) is 260 Å². The van der Waals surface area contributed by atoms with Gasteiger partial charge in [0.05, 0.1) is 0 Å². The highest BCUT2D eigenvalue weighted by atomic mass is 31.3. The van der Waals surface area contributed by atoms with Gasteiger partial charge < -0.3 is 29.4 Å². The van der Waals surface area contributed by atoms with Crippen LogP contribution in [0, 0.1) is 0 Å². The summed E-state index contributed by atoms with van der Waals surface area (Å²) < 4.78 is 19.2. The zero-order valence-electron chi connectivity index (χ0n) is 37.2. The van der Waals surface area contributed by atoms with Crippen LogP contribution in [0.2, 0.25) is 0 Å². The predicted octanol–water partition coefficient (Wildman–Crippen LogP) is 8.70. The minimum Gasteiger partial charge on any atom is -0.378 e. The van der Waals surface area contributed by atoms with Crippen LogP contribution in [-0.4, -0.2) is 84.6 Å². The molecule has 0 spiro atoms. The topological polar surface area (TPSA) is 56.5 Å². The van der Waals surface area contributed by atoms with Gasteiger partial charge in [-0.25, -0.2) is 13.5 Å². The number of nitrogens with zero attached hydrogens (tertiary/aromatic N) is 9. The van der Waals surface area contributed by atoms with Gasteiger partial charge in [-0.1, -0.05) is 0 Å². The highest BCUT2D eigenvalue weighted by molar-refractivity contribution is 8.00. The van der Waals surface area contributed by atoms with E-state index in [1.807, 2.05) is 0 Å². The average molecular weight is 856 g/mol. The number of hydrogen-bond donors (Lipinski definition) is 0. The van der Waals surface area contributed by atoms with E-state index in [9.17, 15) is 0 Å². The lowest BCUT2D eigenvalue weighted by Crippen LogP contribution is -2.26. The second kappa shape index (κ2) is 17.1. The van der Waals surface area contributed by atoms with Crippen molar-refractivity contribution in [2.45, 2.75) is 0 Å². The van der Waals surface area contributed by atoms with Crippen molar-refractivity contribution in [1.29, 1.82) is 0 Å². The lowest BCUT2D eigenvalue weighted by atomic mass is 10.3. The van der Waals surface area contributed by atoms with Gasteiger partial charge in [-0.05, 0) is 146 Å². The third-order valence-corrected chi connectivity index (χ3v) is 23.5. The first kappa shape index (κ1) is 42.9. The molecule has 1 aliphatic heterocycles. The molecular formula is C48H60N9P3. The maximum absolute atomic E-state index is 6.41. The molecule has 0 atom stereocenters. The molecule has 312 valence electrons. The van der Waals surface area contributed by atoms with Crippen LogP contribution in [0.25, 0.3) is 0 Å². The average Bonchev–Trinajstić information content (AvgIpc) is 3.26. The molecule has 9 nitrogen and oxygen atoms in total. The van der Waals surface area contributed by atoms with Gasteiger partial charge in [-0.2, -0.15) is 0 Å². The van der Waals surface area contributed by atoms with Crippen LogP contribution in [0.1, 0.15) is 0 Å². The fourth-order valence-corrected chi connectivity index (χ4v) is 22.6. The summed E-state index contributed by atoms with van der Waals surface area (Å²) in [5.74, 6) is 0. The third kappa shape index (κ3) is 8.04. The van der Waals surface area contributed by atoms with Crippen LogP contribution >= 0.6 is 21.6 Å². The Morgan fingerprint density at radius 3 is 0.433 bits per heavy atom. The molecular weight excluding hydrogens is 796 g/mol. The Bertz CT molecular complexity index is 2120. The number of rotatable bonds is 12. The molecule has 0 bridgehead atoms. The molecule has 0 aromatic heterocycles. The molecule has 7 rings (SSSR count). The fourth-order valence-electron chi connectivity index (χ4n) is 7.43. The van der Waals surface area contributed by atoms with E-state index in [1.165, 1.54) is 0 Å². The Labute approximate surface area is 359 Å². The summed E-state index contributed by atoms with van der Waals surface area (Å²) in [5, 5.41) is 6.66. The maximum Gasteiger partial charge on any atom is 0.138 e. The second-order valence-corrected chi connectivity index (χ2v) is 25.4. The molecule has 1 heterocycles. The Morgan fingerprint density at radius 1 is 0.217 bits per heavy atom. The Morgan fingerprint density at radius 2 is 0.333 bits per heavy atom. The van der Waals surface area contributed by atoms with E-state index >= 15 is 0 Å². The molecule has 0 unspecified atom stereocenters. The minimum atomic E-state index is -3.05. The van der Waals surface area contributed by atoms with E-state index in [1.54, 1.807) is 0 Å². The summed E-state index contributed by atoms with van der Waals surface area (Å²) in [4.78, 5) is 12.9. The van der Waals surface area contributed by atoms with Gasteiger partial charge in [0, 0.05) is 151 Å². The second-order valence-electron chi connectivity index (χ2n) is 16.5. The molecule has 0 amide bonds. The molecule has 0 saturated carbocycles. The minimum absolute atomic E-state index is 1.11. The Kier molecular flexibility index (Phi) is 12.2. The van der Waals surface area contributed by atoms with Crippen molar-refractivity contribution in [3.05, 3.63) is 146 Å². The van der Waals surface area contributed by atoms with Gasteiger partial charge in [0.2, 0.25) is 0 Å². The first-order chi connectivity index (χ1) is 28.6. The van der Waals surface area contributed by atoms with E-state index < -0.39 is 21.6 Å². The van der Waals surface area contributed by atoms with Crippen molar-refractivity contribution in [2.75, 3.05) is 114 Å². The quantitative estimate of drug-likeness (QED) is 0.115. The van der Waals surface area contributed by atoms with Crippen LogP contribution in [0.3, 0.4) is 0 Å². The van der Waals surface area contributed by atoms with Gasteiger partial charge in [0.25, 0.3) is 0 Å². The Balaban J connectivity index is 1.77. The Hall–Kier alpha value is -5.19. The van der Waals surface area contributed by atoms with E-state index in [0.29, 0.717) is 0 Å². The molecule has 6 aromatic carbocycles. The first-order valence-corrected chi connectivity index (χ1v) is 25.3. The summed E-state index contributed by atoms with van der Waals surface area (Å²) in [5.41, 5.74) is 6.75. The third-order valence-electron chi connectivity index (χ3n) is 11.1. The molecule has 0 fully saturated rings. The maximum atomic E-state index is 6.41. The largest absolute Gasteiger partial charge is 0.378 e. The van der Waals surface area contributed by atoms with Crippen LogP contribution in [-0.2, 0) is 0 Å². The lowest BCUT2D eigenvalue weighted by Gasteiger charge is -2.38. The van der Waals surface area contributed by atoms with Gasteiger partial charge in [-0.15, -0.1) is 0 Å². The van der Waals surface area contributed by atoms with Crippen molar-refractivity contribution in [3.8, 4) is 0 Å². The molecule has 0 radical (unpaired) electrons.